The summed E-state index contributed by atoms with van der Waals surface area (Å²) in [6.07, 6.45) is 0.919. The zero-order chi connectivity index (χ0) is 11.6. The van der Waals surface area contributed by atoms with Crippen LogP contribution in [0.5, 0.6) is 0 Å². The molecule has 0 aromatic carbocycles. The Labute approximate surface area is 92.4 Å². The molecule has 0 aromatic rings. The van der Waals surface area contributed by atoms with Gasteiger partial charge in [-0.05, 0) is 26.8 Å². The number of nitrogens with zero attached hydrogens (tertiary/aromatic N) is 2. The number of rotatable bonds is 2. The third-order valence-corrected chi connectivity index (χ3v) is 3.19. The highest BCUT2D eigenvalue weighted by molar-refractivity contribution is 5.79. The SMILES string of the molecule is CC(C)N1CCC(N)[C@H](C(=O)N(C)C)C1. The van der Waals surface area contributed by atoms with Gasteiger partial charge in [-0.3, -0.25) is 4.79 Å². The molecule has 15 heavy (non-hydrogen) atoms. The maximum absolute atomic E-state index is 11.9. The highest BCUT2D eigenvalue weighted by atomic mass is 16.2. The van der Waals surface area contributed by atoms with Crippen LogP contribution in [-0.2, 0) is 4.79 Å². The summed E-state index contributed by atoms with van der Waals surface area (Å²) in [6, 6.07) is 0.518. The molecule has 2 atom stereocenters. The highest BCUT2D eigenvalue weighted by Gasteiger charge is 2.33. The molecule has 1 saturated heterocycles. The first-order valence-corrected chi connectivity index (χ1v) is 5.64. The summed E-state index contributed by atoms with van der Waals surface area (Å²) in [7, 11) is 3.59. The van der Waals surface area contributed by atoms with E-state index in [2.05, 4.69) is 18.7 Å². The first kappa shape index (κ1) is 12.5. The molecule has 1 rings (SSSR count). The van der Waals surface area contributed by atoms with E-state index < -0.39 is 0 Å². The molecule has 1 aliphatic rings. The van der Waals surface area contributed by atoms with Crippen molar-refractivity contribution in [3.8, 4) is 0 Å². The van der Waals surface area contributed by atoms with E-state index in [4.69, 9.17) is 5.73 Å². The van der Waals surface area contributed by atoms with Gasteiger partial charge in [0.25, 0.3) is 0 Å². The largest absolute Gasteiger partial charge is 0.348 e. The van der Waals surface area contributed by atoms with Crippen LogP contribution in [0.15, 0.2) is 0 Å². The summed E-state index contributed by atoms with van der Waals surface area (Å²) in [6.45, 7) is 6.13. The molecule has 0 aliphatic carbocycles. The Bertz CT molecular complexity index is 228. The Hall–Kier alpha value is -0.610. The zero-order valence-electron chi connectivity index (χ0n) is 10.2. The number of nitrogens with two attached hydrogens (primary N) is 1. The van der Waals surface area contributed by atoms with E-state index in [-0.39, 0.29) is 17.9 Å². The Morgan fingerprint density at radius 1 is 1.47 bits per heavy atom. The molecule has 0 aromatic heterocycles. The number of hydrogen-bond acceptors (Lipinski definition) is 3. The lowest BCUT2D eigenvalue weighted by Crippen LogP contribution is -2.54. The highest BCUT2D eigenvalue weighted by Crippen LogP contribution is 2.19. The summed E-state index contributed by atoms with van der Waals surface area (Å²) in [5.74, 6) is 0.129. The van der Waals surface area contributed by atoms with Crippen molar-refractivity contribution in [2.75, 3.05) is 27.2 Å². The van der Waals surface area contributed by atoms with Crippen molar-refractivity contribution in [3.05, 3.63) is 0 Å². The molecule has 0 radical (unpaired) electrons. The molecular weight excluding hydrogens is 190 g/mol. The third-order valence-electron chi connectivity index (χ3n) is 3.19. The van der Waals surface area contributed by atoms with Crippen molar-refractivity contribution >= 4 is 5.91 Å². The number of carbonyl (C=O) groups excluding carboxylic acids is 1. The normalized spacial score (nSPS) is 28.1. The van der Waals surface area contributed by atoms with Gasteiger partial charge >= 0.3 is 0 Å². The molecule has 0 bridgehead atoms. The number of piperidine rings is 1. The van der Waals surface area contributed by atoms with Crippen molar-refractivity contribution in [1.29, 1.82) is 0 Å². The van der Waals surface area contributed by atoms with E-state index in [0.717, 1.165) is 19.5 Å². The van der Waals surface area contributed by atoms with Crippen molar-refractivity contribution < 1.29 is 4.79 Å². The summed E-state index contributed by atoms with van der Waals surface area (Å²) in [4.78, 5) is 15.9. The van der Waals surface area contributed by atoms with E-state index in [1.165, 1.54) is 0 Å². The van der Waals surface area contributed by atoms with Gasteiger partial charge in [0.15, 0.2) is 0 Å². The third kappa shape index (κ3) is 2.92. The fourth-order valence-electron chi connectivity index (χ4n) is 2.06. The standard InChI is InChI=1S/C11H23N3O/c1-8(2)14-6-5-10(12)9(7-14)11(15)13(3)4/h8-10H,5-7,12H2,1-4H3/t9-,10?/m1/s1. The maximum Gasteiger partial charge on any atom is 0.228 e. The van der Waals surface area contributed by atoms with Gasteiger partial charge in [0.05, 0.1) is 5.92 Å². The van der Waals surface area contributed by atoms with Gasteiger partial charge in [0, 0.05) is 32.7 Å². The fourth-order valence-corrected chi connectivity index (χ4v) is 2.06. The van der Waals surface area contributed by atoms with Crippen LogP contribution < -0.4 is 5.73 Å². The molecule has 1 amide bonds. The molecular formula is C11H23N3O. The topological polar surface area (TPSA) is 49.6 Å². The van der Waals surface area contributed by atoms with Crippen molar-refractivity contribution in [1.82, 2.24) is 9.80 Å². The van der Waals surface area contributed by atoms with Crippen LogP contribution in [0.25, 0.3) is 0 Å². The minimum absolute atomic E-state index is 0.0231. The van der Waals surface area contributed by atoms with E-state index in [1.807, 2.05) is 0 Å². The number of hydrogen-bond donors (Lipinski definition) is 1. The second-order valence-electron chi connectivity index (χ2n) is 4.88. The van der Waals surface area contributed by atoms with Crippen LogP contribution >= 0.6 is 0 Å². The molecule has 88 valence electrons. The molecule has 1 aliphatic heterocycles. The van der Waals surface area contributed by atoms with Gasteiger partial charge in [0.1, 0.15) is 0 Å². The lowest BCUT2D eigenvalue weighted by molar-refractivity contribution is -0.135. The average Bonchev–Trinajstić information content (AvgIpc) is 2.16. The van der Waals surface area contributed by atoms with E-state index in [0.29, 0.717) is 6.04 Å². The quantitative estimate of drug-likeness (QED) is 0.709. The Kier molecular flexibility index (Phi) is 4.11. The van der Waals surface area contributed by atoms with Gasteiger partial charge in [0.2, 0.25) is 5.91 Å². The van der Waals surface area contributed by atoms with Gasteiger partial charge in [-0.2, -0.15) is 0 Å². The van der Waals surface area contributed by atoms with Crippen LogP contribution in [0.4, 0.5) is 0 Å². The molecule has 0 saturated carbocycles. The maximum atomic E-state index is 11.9. The molecule has 1 unspecified atom stereocenters. The first-order chi connectivity index (χ1) is 6.93. The van der Waals surface area contributed by atoms with Gasteiger partial charge in [-0.1, -0.05) is 0 Å². The smallest absolute Gasteiger partial charge is 0.228 e. The van der Waals surface area contributed by atoms with E-state index >= 15 is 0 Å². The molecule has 2 N–H and O–H groups in total. The summed E-state index contributed by atoms with van der Waals surface area (Å²) >= 11 is 0. The number of carbonyl (C=O) groups is 1. The van der Waals surface area contributed by atoms with Crippen molar-refractivity contribution in [3.63, 3.8) is 0 Å². The molecule has 0 spiro atoms. The number of likely N-dealkylation sites (tertiary alicyclic amines) is 1. The van der Waals surface area contributed by atoms with Crippen LogP contribution in [0.2, 0.25) is 0 Å². The fraction of sp³-hybridized carbons (Fsp3) is 0.909. The Morgan fingerprint density at radius 3 is 2.53 bits per heavy atom. The Balaban J connectivity index is 2.65. The van der Waals surface area contributed by atoms with Crippen LogP contribution in [0, 0.1) is 5.92 Å². The zero-order valence-corrected chi connectivity index (χ0v) is 10.2. The van der Waals surface area contributed by atoms with Crippen molar-refractivity contribution in [2.45, 2.75) is 32.4 Å². The minimum atomic E-state index is -0.0313. The van der Waals surface area contributed by atoms with Crippen molar-refractivity contribution in [2.24, 2.45) is 11.7 Å². The predicted molar refractivity (Wildman–Crippen MR) is 61.5 cm³/mol. The van der Waals surface area contributed by atoms with E-state index in [9.17, 15) is 4.79 Å². The second-order valence-corrected chi connectivity index (χ2v) is 4.88. The lowest BCUT2D eigenvalue weighted by Gasteiger charge is -2.39. The molecule has 4 heteroatoms. The van der Waals surface area contributed by atoms with Crippen LogP contribution in [-0.4, -0.2) is 55.0 Å². The monoisotopic (exact) mass is 213 g/mol. The Morgan fingerprint density at radius 2 is 2.07 bits per heavy atom. The van der Waals surface area contributed by atoms with Gasteiger partial charge < -0.3 is 15.5 Å². The minimum Gasteiger partial charge on any atom is -0.348 e. The van der Waals surface area contributed by atoms with Gasteiger partial charge in [-0.25, -0.2) is 0 Å². The van der Waals surface area contributed by atoms with Crippen LogP contribution in [0.3, 0.4) is 0 Å². The number of amides is 1. The molecule has 1 heterocycles. The second kappa shape index (κ2) is 4.94. The predicted octanol–water partition coefficient (Wildman–Crippen LogP) is 0.132. The van der Waals surface area contributed by atoms with Crippen LogP contribution in [0.1, 0.15) is 20.3 Å². The molecule has 4 nitrogen and oxygen atoms in total. The van der Waals surface area contributed by atoms with E-state index in [1.54, 1.807) is 19.0 Å². The summed E-state index contributed by atoms with van der Waals surface area (Å²) in [5.41, 5.74) is 6.01. The molecule has 1 fully saturated rings. The summed E-state index contributed by atoms with van der Waals surface area (Å²) < 4.78 is 0. The average molecular weight is 213 g/mol. The first-order valence-electron chi connectivity index (χ1n) is 5.64. The van der Waals surface area contributed by atoms with Gasteiger partial charge in [-0.15, -0.1) is 0 Å². The lowest BCUT2D eigenvalue weighted by atomic mass is 9.91. The summed E-state index contributed by atoms with van der Waals surface area (Å²) in [5, 5.41) is 0.